The van der Waals surface area contributed by atoms with Gasteiger partial charge in [0.05, 0.1) is 12.2 Å². The number of carbonyl (C=O) groups is 2. The van der Waals surface area contributed by atoms with Crippen molar-refractivity contribution < 1.29 is 14.0 Å². The maximum absolute atomic E-state index is 13.1. The summed E-state index contributed by atoms with van der Waals surface area (Å²) < 4.78 is 13.1. The molecule has 0 aliphatic rings. The number of halogens is 1. The molecule has 0 fully saturated rings. The Morgan fingerprint density at radius 3 is 2.81 bits per heavy atom. The first-order valence-corrected chi connectivity index (χ1v) is 4.95. The van der Waals surface area contributed by atoms with Crippen LogP contribution < -0.4 is 5.32 Å². The van der Waals surface area contributed by atoms with Crippen LogP contribution in [0.4, 0.5) is 4.39 Å². The summed E-state index contributed by atoms with van der Waals surface area (Å²) in [6, 6.07) is 2.76. The molecule has 0 aromatic carbocycles. The molecule has 16 heavy (non-hydrogen) atoms. The molecule has 1 aromatic heterocycles. The standard InChI is InChI=1S/C11H13FN2O2/c1-8(15)4-5-11(16)14-7-10-9(12)3-2-6-13-10/h2-3,6H,4-5,7H2,1H3,(H,14,16). The third-order valence-corrected chi connectivity index (χ3v) is 1.99. The van der Waals surface area contributed by atoms with Crippen molar-refractivity contribution in [2.24, 2.45) is 0 Å². The smallest absolute Gasteiger partial charge is 0.220 e. The van der Waals surface area contributed by atoms with E-state index in [9.17, 15) is 14.0 Å². The fourth-order valence-electron chi connectivity index (χ4n) is 1.11. The summed E-state index contributed by atoms with van der Waals surface area (Å²) in [5.74, 6) is -0.770. The lowest BCUT2D eigenvalue weighted by atomic mass is 10.2. The van der Waals surface area contributed by atoms with Crippen molar-refractivity contribution in [3.05, 3.63) is 29.8 Å². The lowest BCUT2D eigenvalue weighted by Crippen LogP contribution is -2.24. The van der Waals surface area contributed by atoms with Crippen LogP contribution in [0.25, 0.3) is 0 Å². The summed E-state index contributed by atoms with van der Waals surface area (Å²) in [7, 11) is 0. The van der Waals surface area contributed by atoms with Gasteiger partial charge in [-0.15, -0.1) is 0 Å². The first-order valence-electron chi connectivity index (χ1n) is 4.95. The van der Waals surface area contributed by atoms with E-state index in [1.807, 2.05) is 0 Å². The number of rotatable bonds is 5. The van der Waals surface area contributed by atoms with Crippen LogP contribution in [-0.2, 0) is 16.1 Å². The molecular weight excluding hydrogens is 211 g/mol. The average Bonchev–Trinajstić information content (AvgIpc) is 2.25. The Morgan fingerprint density at radius 2 is 2.19 bits per heavy atom. The van der Waals surface area contributed by atoms with Gasteiger partial charge in [-0.2, -0.15) is 0 Å². The molecule has 1 aromatic rings. The predicted octanol–water partition coefficient (Wildman–Crippen LogP) is 1.21. The van der Waals surface area contributed by atoms with Crippen molar-refractivity contribution in [2.75, 3.05) is 0 Å². The number of nitrogens with zero attached hydrogens (tertiary/aromatic N) is 1. The molecule has 0 aliphatic heterocycles. The molecule has 1 heterocycles. The van der Waals surface area contributed by atoms with Crippen molar-refractivity contribution in [2.45, 2.75) is 26.3 Å². The zero-order valence-electron chi connectivity index (χ0n) is 9.00. The molecule has 0 radical (unpaired) electrons. The van der Waals surface area contributed by atoms with Gasteiger partial charge in [0, 0.05) is 19.0 Å². The van der Waals surface area contributed by atoms with Gasteiger partial charge in [0.1, 0.15) is 11.6 Å². The van der Waals surface area contributed by atoms with Gasteiger partial charge in [-0.1, -0.05) is 0 Å². The van der Waals surface area contributed by atoms with E-state index in [2.05, 4.69) is 10.3 Å². The first kappa shape index (κ1) is 12.3. The van der Waals surface area contributed by atoms with E-state index >= 15 is 0 Å². The maximum Gasteiger partial charge on any atom is 0.220 e. The van der Waals surface area contributed by atoms with E-state index in [1.165, 1.54) is 25.3 Å². The van der Waals surface area contributed by atoms with E-state index in [0.29, 0.717) is 0 Å². The average molecular weight is 224 g/mol. The number of pyridine rings is 1. The maximum atomic E-state index is 13.1. The Bertz CT molecular complexity index is 393. The molecule has 0 aliphatic carbocycles. The van der Waals surface area contributed by atoms with Crippen molar-refractivity contribution in [1.29, 1.82) is 0 Å². The minimum Gasteiger partial charge on any atom is -0.350 e. The topological polar surface area (TPSA) is 59.1 Å². The van der Waals surface area contributed by atoms with Gasteiger partial charge < -0.3 is 10.1 Å². The molecule has 1 amide bonds. The molecule has 0 unspecified atom stereocenters. The third-order valence-electron chi connectivity index (χ3n) is 1.99. The van der Waals surface area contributed by atoms with E-state index < -0.39 is 5.82 Å². The molecule has 1 N–H and O–H groups in total. The summed E-state index contributed by atoms with van der Waals surface area (Å²) in [4.78, 5) is 25.6. The molecule has 0 atom stereocenters. The van der Waals surface area contributed by atoms with Gasteiger partial charge in [-0.3, -0.25) is 9.78 Å². The normalized spacial score (nSPS) is 9.88. The molecule has 1 rings (SSSR count). The summed E-state index contributed by atoms with van der Waals surface area (Å²) in [6.45, 7) is 1.47. The van der Waals surface area contributed by atoms with Crippen LogP contribution in [0.5, 0.6) is 0 Å². The Hall–Kier alpha value is -1.78. The number of aromatic nitrogens is 1. The van der Waals surface area contributed by atoms with Gasteiger partial charge >= 0.3 is 0 Å². The van der Waals surface area contributed by atoms with E-state index in [1.54, 1.807) is 0 Å². The largest absolute Gasteiger partial charge is 0.350 e. The van der Waals surface area contributed by atoms with Crippen molar-refractivity contribution >= 4 is 11.7 Å². The lowest BCUT2D eigenvalue weighted by Gasteiger charge is -2.04. The van der Waals surface area contributed by atoms with E-state index in [0.717, 1.165) is 0 Å². The van der Waals surface area contributed by atoms with Crippen LogP contribution >= 0.6 is 0 Å². The Morgan fingerprint density at radius 1 is 1.44 bits per heavy atom. The fraction of sp³-hybridized carbons (Fsp3) is 0.364. The molecule has 0 saturated carbocycles. The molecule has 0 bridgehead atoms. The number of carbonyl (C=O) groups excluding carboxylic acids is 2. The van der Waals surface area contributed by atoms with Crippen LogP contribution in [0.3, 0.4) is 0 Å². The van der Waals surface area contributed by atoms with Crippen LogP contribution in [0.15, 0.2) is 18.3 Å². The van der Waals surface area contributed by atoms with Gasteiger partial charge in [0.2, 0.25) is 5.91 Å². The van der Waals surface area contributed by atoms with Gasteiger partial charge in [0.15, 0.2) is 0 Å². The molecule has 0 saturated heterocycles. The number of hydrogen-bond acceptors (Lipinski definition) is 3. The van der Waals surface area contributed by atoms with Crippen molar-refractivity contribution in [3.8, 4) is 0 Å². The van der Waals surface area contributed by atoms with Crippen molar-refractivity contribution in [1.82, 2.24) is 10.3 Å². The highest BCUT2D eigenvalue weighted by Gasteiger charge is 2.06. The van der Waals surface area contributed by atoms with Crippen LogP contribution in [0.2, 0.25) is 0 Å². The number of hydrogen-bond donors (Lipinski definition) is 1. The highest BCUT2D eigenvalue weighted by atomic mass is 19.1. The highest BCUT2D eigenvalue weighted by molar-refractivity contribution is 5.83. The fourth-order valence-corrected chi connectivity index (χ4v) is 1.11. The minimum atomic E-state index is -0.450. The summed E-state index contributed by atoms with van der Waals surface area (Å²) >= 11 is 0. The number of ketones is 1. The van der Waals surface area contributed by atoms with Crippen LogP contribution in [-0.4, -0.2) is 16.7 Å². The summed E-state index contributed by atoms with van der Waals surface area (Å²) in [6.07, 6.45) is 1.79. The number of amides is 1. The minimum absolute atomic E-state index is 0.0424. The number of Topliss-reactive ketones (excluding diaryl/α,β-unsaturated/α-hetero) is 1. The highest BCUT2D eigenvalue weighted by Crippen LogP contribution is 2.01. The quantitative estimate of drug-likeness (QED) is 0.817. The van der Waals surface area contributed by atoms with E-state index in [4.69, 9.17) is 0 Å². The lowest BCUT2D eigenvalue weighted by molar-refractivity contribution is -0.124. The molecule has 86 valence electrons. The van der Waals surface area contributed by atoms with Crippen molar-refractivity contribution in [3.63, 3.8) is 0 Å². The second kappa shape index (κ2) is 5.95. The number of nitrogens with one attached hydrogen (secondary N) is 1. The second-order valence-electron chi connectivity index (χ2n) is 3.41. The Labute approximate surface area is 92.9 Å². The molecular formula is C11H13FN2O2. The summed E-state index contributed by atoms with van der Waals surface area (Å²) in [5, 5.41) is 2.50. The van der Waals surface area contributed by atoms with Gasteiger partial charge in [-0.25, -0.2) is 4.39 Å². The molecule has 0 spiro atoms. The van der Waals surface area contributed by atoms with Gasteiger partial charge in [-0.05, 0) is 19.1 Å². The predicted molar refractivity (Wildman–Crippen MR) is 56.0 cm³/mol. The third kappa shape index (κ3) is 4.16. The Balaban J connectivity index is 2.37. The second-order valence-corrected chi connectivity index (χ2v) is 3.41. The van der Waals surface area contributed by atoms with E-state index in [-0.39, 0.29) is 36.8 Å². The van der Waals surface area contributed by atoms with Crippen LogP contribution in [0, 0.1) is 5.82 Å². The zero-order chi connectivity index (χ0) is 12.0. The summed E-state index contributed by atoms with van der Waals surface area (Å²) in [5.41, 5.74) is 0.193. The molecule has 4 nitrogen and oxygen atoms in total. The SMILES string of the molecule is CC(=O)CCC(=O)NCc1ncccc1F. The van der Waals surface area contributed by atoms with Crippen LogP contribution in [0.1, 0.15) is 25.5 Å². The Kier molecular flexibility index (Phi) is 4.57. The zero-order valence-corrected chi connectivity index (χ0v) is 9.00. The first-order chi connectivity index (χ1) is 7.59. The monoisotopic (exact) mass is 224 g/mol. The molecule has 5 heteroatoms. The van der Waals surface area contributed by atoms with Gasteiger partial charge in [0.25, 0.3) is 0 Å².